The minimum Gasteiger partial charge on any atom is -0.507 e. The van der Waals surface area contributed by atoms with Crippen LogP contribution in [-0.2, 0) is 20.3 Å². The van der Waals surface area contributed by atoms with Crippen LogP contribution in [0.15, 0.2) is 41.3 Å². The molecule has 0 amide bonds. The van der Waals surface area contributed by atoms with Crippen LogP contribution in [0.25, 0.3) is 0 Å². The van der Waals surface area contributed by atoms with Crippen molar-refractivity contribution in [2.24, 2.45) is 0 Å². The summed E-state index contributed by atoms with van der Waals surface area (Å²) in [5.74, 6) is -1.37. The molecule has 0 aliphatic carbocycles. The average molecular weight is 355 g/mol. The van der Waals surface area contributed by atoms with E-state index in [1.54, 1.807) is 19.1 Å². The fraction of sp³-hybridized carbons (Fsp3) is 0.188. The number of esters is 1. The van der Waals surface area contributed by atoms with Crippen molar-refractivity contribution in [1.82, 2.24) is 0 Å². The van der Waals surface area contributed by atoms with E-state index in [-0.39, 0.29) is 27.0 Å². The lowest BCUT2D eigenvalue weighted by Crippen LogP contribution is -2.08. The highest BCUT2D eigenvalue weighted by Gasteiger charge is 2.22. The number of aromatic hydroxyl groups is 1. The summed E-state index contributed by atoms with van der Waals surface area (Å²) >= 11 is 6.01. The lowest BCUT2D eigenvalue weighted by Gasteiger charge is -2.10. The van der Waals surface area contributed by atoms with E-state index in [1.807, 2.05) is 0 Å². The molecule has 5 nitrogen and oxygen atoms in total. The standard InChI is InChI=1S/C16H15ClO5S/c1-10-4-3-5-13(17)15(10)23(20,21)9-11-6-7-12(14(18)8-11)16(19)22-2/h3-8,18H,9H2,1-2H3. The number of hydrogen-bond donors (Lipinski definition) is 1. The predicted octanol–water partition coefficient (Wildman–Crippen LogP) is 3.11. The number of rotatable bonds is 4. The van der Waals surface area contributed by atoms with Crippen LogP contribution in [-0.4, -0.2) is 26.6 Å². The summed E-state index contributed by atoms with van der Waals surface area (Å²) < 4.78 is 29.7. The number of carbonyl (C=O) groups is 1. The van der Waals surface area contributed by atoms with Gasteiger partial charge in [-0.3, -0.25) is 0 Å². The SMILES string of the molecule is COC(=O)c1ccc(CS(=O)(=O)c2c(C)cccc2Cl)cc1O. The zero-order chi connectivity index (χ0) is 17.2. The van der Waals surface area contributed by atoms with E-state index in [4.69, 9.17) is 11.6 Å². The molecule has 0 spiro atoms. The third-order valence-electron chi connectivity index (χ3n) is 3.30. The van der Waals surface area contributed by atoms with Gasteiger partial charge in [0.2, 0.25) is 0 Å². The van der Waals surface area contributed by atoms with Gasteiger partial charge < -0.3 is 9.84 Å². The summed E-state index contributed by atoms with van der Waals surface area (Å²) in [5.41, 5.74) is 0.866. The van der Waals surface area contributed by atoms with Crippen LogP contribution in [0, 0.1) is 6.92 Å². The number of hydrogen-bond acceptors (Lipinski definition) is 5. The number of halogens is 1. The Labute approximate surface area is 139 Å². The summed E-state index contributed by atoms with van der Waals surface area (Å²) in [6.45, 7) is 1.66. The number of methoxy groups -OCH3 is 1. The van der Waals surface area contributed by atoms with Gasteiger partial charge in [-0.05, 0) is 36.2 Å². The Morgan fingerprint density at radius 2 is 1.96 bits per heavy atom. The monoisotopic (exact) mass is 354 g/mol. The molecule has 0 aliphatic rings. The Bertz CT molecular complexity index is 839. The van der Waals surface area contributed by atoms with Crippen molar-refractivity contribution in [3.05, 3.63) is 58.1 Å². The number of benzene rings is 2. The Morgan fingerprint density at radius 1 is 1.26 bits per heavy atom. The van der Waals surface area contributed by atoms with Gasteiger partial charge in [-0.25, -0.2) is 13.2 Å². The second-order valence-electron chi connectivity index (χ2n) is 4.99. The highest BCUT2D eigenvalue weighted by molar-refractivity contribution is 7.90. The van der Waals surface area contributed by atoms with Gasteiger partial charge in [-0.2, -0.15) is 0 Å². The number of ether oxygens (including phenoxy) is 1. The molecule has 0 saturated carbocycles. The van der Waals surface area contributed by atoms with Crippen molar-refractivity contribution in [2.75, 3.05) is 7.11 Å². The topological polar surface area (TPSA) is 80.7 Å². The van der Waals surface area contributed by atoms with Crippen molar-refractivity contribution in [3.63, 3.8) is 0 Å². The highest BCUT2D eigenvalue weighted by Crippen LogP contribution is 2.29. The fourth-order valence-corrected chi connectivity index (χ4v) is 4.51. The molecule has 0 aromatic heterocycles. The second-order valence-corrected chi connectivity index (χ2v) is 7.32. The van der Waals surface area contributed by atoms with Gasteiger partial charge in [0.25, 0.3) is 0 Å². The summed E-state index contributed by atoms with van der Waals surface area (Å²) in [6, 6.07) is 8.86. The van der Waals surface area contributed by atoms with Crippen LogP contribution >= 0.6 is 11.6 Å². The molecule has 2 aromatic carbocycles. The maximum absolute atomic E-state index is 12.6. The predicted molar refractivity (Wildman–Crippen MR) is 86.5 cm³/mol. The van der Waals surface area contributed by atoms with E-state index in [9.17, 15) is 18.3 Å². The normalized spacial score (nSPS) is 11.3. The first-order chi connectivity index (χ1) is 10.8. The number of carbonyl (C=O) groups excluding carboxylic acids is 1. The lowest BCUT2D eigenvalue weighted by molar-refractivity contribution is 0.0597. The quantitative estimate of drug-likeness (QED) is 0.853. The van der Waals surface area contributed by atoms with Crippen LogP contribution in [0.4, 0.5) is 0 Å². The molecule has 23 heavy (non-hydrogen) atoms. The van der Waals surface area contributed by atoms with E-state index in [0.29, 0.717) is 11.1 Å². The number of phenolic OH excluding ortho intramolecular Hbond substituents is 1. The summed E-state index contributed by atoms with van der Waals surface area (Å²) in [6.07, 6.45) is 0. The molecule has 0 atom stereocenters. The zero-order valence-corrected chi connectivity index (χ0v) is 14.1. The van der Waals surface area contributed by atoms with Gasteiger partial charge in [0.15, 0.2) is 9.84 Å². The molecule has 2 rings (SSSR count). The lowest BCUT2D eigenvalue weighted by atomic mass is 10.1. The van der Waals surface area contributed by atoms with Crippen molar-refractivity contribution in [1.29, 1.82) is 0 Å². The Hall–Kier alpha value is -2.05. The molecule has 122 valence electrons. The largest absolute Gasteiger partial charge is 0.507 e. The van der Waals surface area contributed by atoms with Crippen LogP contribution in [0.5, 0.6) is 5.75 Å². The fourth-order valence-electron chi connectivity index (χ4n) is 2.25. The van der Waals surface area contributed by atoms with Crippen molar-refractivity contribution >= 4 is 27.4 Å². The molecular weight excluding hydrogens is 340 g/mol. The van der Waals surface area contributed by atoms with Crippen molar-refractivity contribution in [2.45, 2.75) is 17.6 Å². The van der Waals surface area contributed by atoms with Gasteiger partial charge >= 0.3 is 5.97 Å². The van der Waals surface area contributed by atoms with Gasteiger partial charge in [0, 0.05) is 0 Å². The van der Waals surface area contributed by atoms with E-state index >= 15 is 0 Å². The van der Waals surface area contributed by atoms with Gasteiger partial charge in [-0.1, -0.05) is 29.8 Å². The molecule has 0 unspecified atom stereocenters. The number of aryl methyl sites for hydroxylation is 1. The summed E-state index contributed by atoms with van der Waals surface area (Å²) in [5, 5.41) is 10.0. The number of sulfone groups is 1. The first kappa shape index (κ1) is 17.3. The minimum atomic E-state index is -3.69. The maximum atomic E-state index is 12.6. The zero-order valence-electron chi connectivity index (χ0n) is 12.5. The average Bonchev–Trinajstić information content (AvgIpc) is 2.45. The second kappa shape index (κ2) is 6.60. The van der Waals surface area contributed by atoms with Crippen molar-refractivity contribution in [3.8, 4) is 5.75 Å². The Morgan fingerprint density at radius 3 is 2.52 bits per heavy atom. The van der Waals surface area contributed by atoms with Gasteiger partial charge in [0.1, 0.15) is 11.3 Å². The van der Waals surface area contributed by atoms with Crippen LogP contribution in [0.2, 0.25) is 5.02 Å². The van der Waals surface area contributed by atoms with Gasteiger partial charge in [-0.15, -0.1) is 0 Å². The van der Waals surface area contributed by atoms with Crippen molar-refractivity contribution < 1.29 is 23.1 Å². The molecule has 1 N–H and O–H groups in total. The van der Waals surface area contributed by atoms with Crippen LogP contribution in [0.3, 0.4) is 0 Å². The molecule has 0 radical (unpaired) electrons. The Balaban J connectivity index is 2.39. The third kappa shape index (κ3) is 3.65. The van der Waals surface area contributed by atoms with Crippen LogP contribution < -0.4 is 0 Å². The molecular formula is C16H15ClO5S. The van der Waals surface area contributed by atoms with Gasteiger partial charge in [0.05, 0.1) is 22.8 Å². The molecule has 2 aromatic rings. The summed E-state index contributed by atoms with van der Waals surface area (Å²) in [7, 11) is -2.49. The molecule has 0 fully saturated rings. The molecule has 0 bridgehead atoms. The van der Waals surface area contributed by atoms with Crippen LogP contribution in [0.1, 0.15) is 21.5 Å². The van der Waals surface area contributed by atoms with E-state index < -0.39 is 15.8 Å². The van der Waals surface area contributed by atoms with E-state index in [2.05, 4.69) is 4.74 Å². The van der Waals surface area contributed by atoms with E-state index in [1.165, 1.54) is 31.4 Å². The smallest absolute Gasteiger partial charge is 0.341 e. The minimum absolute atomic E-state index is 0.0254. The molecule has 0 heterocycles. The molecule has 0 saturated heterocycles. The third-order valence-corrected chi connectivity index (χ3v) is 5.60. The maximum Gasteiger partial charge on any atom is 0.341 e. The highest BCUT2D eigenvalue weighted by atomic mass is 35.5. The van der Waals surface area contributed by atoms with E-state index in [0.717, 1.165) is 0 Å². The molecule has 7 heteroatoms. The first-order valence-corrected chi connectivity index (χ1v) is 8.67. The number of phenols is 1. The Kier molecular flexibility index (Phi) is 4.97. The first-order valence-electron chi connectivity index (χ1n) is 6.64. The summed E-state index contributed by atoms with van der Waals surface area (Å²) in [4.78, 5) is 11.5. The molecule has 0 aliphatic heterocycles.